The molecule has 0 aromatic heterocycles. The third kappa shape index (κ3) is 15.4. The summed E-state index contributed by atoms with van der Waals surface area (Å²) < 4.78 is 15.1. The summed E-state index contributed by atoms with van der Waals surface area (Å²) in [5, 5.41) is 26.4. The van der Waals surface area contributed by atoms with Crippen molar-refractivity contribution in [2.24, 2.45) is 0 Å². The third-order valence-electron chi connectivity index (χ3n) is 4.34. The molecule has 6 heteroatoms. The van der Waals surface area contributed by atoms with Gasteiger partial charge in [0.2, 0.25) is 0 Å². The van der Waals surface area contributed by atoms with Crippen LogP contribution >= 0.6 is 0 Å². The molecule has 0 unspecified atom stereocenters. The summed E-state index contributed by atoms with van der Waals surface area (Å²) in [6.07, 6.45) is 12.4. The highest BCUT2D eigenvalue weighted by atomic mass is 16.5. The summed E-state index contributed by atoms with van der Waals surface area (Å²) in [6, 6.07) is 0. The molecule has 2 saturated carbocycles. The maximum absolute atomic E-state index is 9.11. The number of rotatable bonds is 8. The zero-order chi connectivity index (χ0) is 20.3. The van der Waals surface area contributed by atoms with Crippen molar-refractivity contribution in [2.75, 3.05) is 19.8 Å². The van der Waals surface area contributed by atoms with Crippen molar-refractivity contribution >= 4 is 0 Å². The molecule has 0 radical (unpaired) electrons. The van der Waals surface area contributed by atoms with E-state index in [0.717, 1.165) is 51.4 Å². The molecule has 0 saturated heterocycles. The first-order chi connectivity index (χ1) is 13.1. The molecule has 0 aromatic rings. The smallest absolute Gasteiger partial charge is 0.0980 e. The fourth-order valence-electron chi connectivity index (χ4n) is 2.87. The van der Waals surface area contributed by atoms with Gasteiger partial charge in [-0.1, -0.05) is 19.2 Å². The van der Waals surface area contributed by atoms with Gasteiger partial charge in [-0.3, -0.25) is 0 Å². The van der Waals surface area contributed by atoms with E-state index in [0.29, 0.717) is 25.4 Å². The summed E-state index contributed by atoms with van der Waals surface area (Å²) in [7, 11) is 0. The Morgan fingerprint density at radius 1 is 0.741 bits per heavy atom. The van der Waals surface area contributed by atoms with E-state index in [1.165, 1.54) is 12.5 Å². The molecule has 0 amide bonds. The summed E-state index contributed by atoms with van der Waals surface area (Å²) in [6.45, 7) is 11.4. The average Bonchev–Trinajstić information content (AvgIpc) is 2.67. The SMILES string of the molecule is C=CCOCCO.C=COC1CCC(O)CC1.C=COC1CCC(O)CC1. The summed E-state index contributed by atoms with van der Waals surface area (Å²) in [4.78, 5) is 0. The van der Waals surface area contributed by atoms with E-state index in [1.807, 2.05) is 0 Å². The van der Waals surface area contributed by atoms with E-state index >= 15 is 0 Å². The Hall–Kier alpha value is -1.34. The van der Waals surface area contributed by atoms with Gasteiger partial charge in [0.15, 0.2) is 0 Å². The van der Waals surface area contributed by atoms with Gasteiger partial charge >= 0.3 is 0 Å². The van der Waals surface area contributed by atoms with Crippen molar-refractivity contribution in [1.82, 2.24) is 0 Å². The molecule has 0 spiro atoms. The van der Waals surface area contributed by atoms with E-state index in [2.05, 4.69) is 19.7 Å². The van der Waals surface area contributed by atoms with Crippen LogP contribution < -0.4 is 0 Å². The molecule has 2 rings (SSSR count). The van der Waals surface area contributed by atoms with Gasteiger partial charge in [-0.15, -0.1) is 6.58 Å². The van der Waals surface area contributed by atoms with Crippen LogP contribution in [-0.4, -0.2) is 59.6 Å². The van der Waals surface area contributed by atoms with Gasteiger partial charge in [0.1, 0.15) is 0 Å². The lowest BCUT2D eigenvalue weighted by Gasteiger charge is -2.24. The van der Waals surface area contributed by atoms with Crippen LogP contribution in [0.5, 0.6) is 0 Å². The minimum absolute atomic E-state index is 0.0911. The highest BCUT2D eigenvalue weighted by molar-refractivity contribution is 4.74. The Labute approximate surface area is 164 Å². The lowest BCUT2D eigenvalue weighted by atomic mass is 9.95. The first kappa shape index (κ1) is 25.7. The molecule has 27 heavy (non-hydrogen) atoms. The van der Waals surface area contributed by atoms with Crippen molar-refractivity contribution in [1.29, 1.82) is 0 Å². The Morgan fingerprint density at radius 3 is 1.44 bits per heavy atom. The van der Waals surface area contributed by atoms with Crippen LogP contribution in [0.25, 0.3) is 0 Å². The second kappa shape index (κ2) is 18.0. The standard InChI is InChI=1S/2C8H14O2.C5H10O2/c2*1-2-10-8-5-3-7(9)4-6-8;1-2-4-7-5-3-6/h2*2,7-9H,1,3-6H2;2,6H,1,3-5H2. The zero-order valence-corrected chi connectivity index (χ0v) is 16.5. The van der Waals surface area contributed by atoms with Crippen LogP contribution in [0, 0.1) is 0 Å². The van der Waals surface area contributed by atoms with Crippen molar-refractivity contribution in [3.63, 3.8) is 0 Å². The lowest BCUT2D eigenvalue weighted by molar-refractivity contribution is 0.0443. The fourth-order valence-corrected chi connectivity index (χ4v) is 2.87. The maximum atomic E-state index is 9.11. The predicted molar refractivity (Wildman–Crippen MR) is 107 cm³/mol. The molecular weight excluding hydrogens is 348 g/mol. The Morgan fingerprint density at radius 2 is 1.15 bits per heavy atom. The maximum Gasteiger partial charge on any atom is 0.0980 e. The number of aliphatic hydroxyl groups excluding tert-OH is 3. The van der Waals surface area contributed by atoms with Crippen LogP contribution in [0.1, 0.15) is 51.4 Å². The molecular formula is C21H38O6. The van der Waals surface area contributed by atoms with Crippen LogP contribution in [0.3, 0.4) is 0 Å². The normalized spacial score (nSPS) is 26.9. The lowest BCUT2D eigenvalue weighted by Crippen LogP contribution is -2.22. The van der Waals surface area contributed by atoms with E-state index < -0.39 is 0 Å². The highest BCUT2D eigenvalue weighted by Gasteiger charge is 2.19. The molecule has 0 bridgehead atoms. The van der Waals surface area contributed by atoms with Crippen molar-refractivity contribution in [3.05, 3.63) is 38.3 Å². The monoisotopic (exact) mass is 386 g/mol. The van der Waals surface area contributed by atoms with Gasteiger partial charge in [-0.2, -0.15) is 0 Å². The summed E-state index contributed by atoms with van der Waals surface area (Å²) in [5.74, 6) is 0. The number of aliphatic hydroxyl groups is 3. The molecule has 6 nitrogen and oxygen atoms in total. The van der Waals surface area contributed by atoms with Gasteiger partial charge < -0.3 is 29.5 Å². The second-order valence-corrected chi connectivity index (χ2v) is 6.55. The van der Waals surface area contributed by atoms with Gasteiger partial charge in [-0.25, -0.2) is 0 Å². The van der Waals surface area contributed by atoms with Crippen LogP contribution in [0.2, 0.25) is 0 Å². The quantitative estimate of drug-likeness (QED) is 0.337. The fraction of sp³-hybridized carbons (Fsp3) is 0.714. The molecule has 0 aliphatic heterocycles. The average molecular weight is 387 g/mol. The first-order valence-electron chi connectivity index (χ1n) is 9.75. The second-order valence-electron chi connectivity index (χ2n) is 6.55. The molecule has 2 aliphatic rings. The topological polar surface area (TPSA) is 88.4 Å². The minimum Gasteiger partial charge on any atom is -0.499 e. The van der Waals surface area contributed by atoms with Crippen LogP contribution in [0.15, 0.2) is 38.3 Å². The molecule has 2 fully saturated rings. The number of hydrogen-bond donors (Lipinski definition) is 3. The molecule has 0 atom stereocenters. The number of ether oxygens (including phenoxy) is 3. The first-order valence-corrected chi connectivity index (χ1v) is 9.75. The molecule has 3 N–H and O–H groups in total. The molecule has 0 aromatic carbocycles. The van der Waals surface area contributed by atoms with Gasteiger partial charge in [0, 0.05) is 0 Å². The van der Waals surface area contributed by atoms with E-state index in [1.54, 1.807) is 6.08 Å². The highest BCUT2D eigenvalue weighted by Crippen LogP contribution is 2.21. The predicted octanol–water partition coefficient (Wildman–Crippen LogP) is 3.08. The van der Waals surface area contributed by atoms with Gasteiger partial charge in [-0.05, 0) is 51.4 Å². The van der Waals surface area contributed by atoms with E-state index in [9.17, 15) is 0 Å². The zero-order valence-electron chi connectivity index (χ0n) is 16.5. The number of hydrogen-bond acceptors (Lipinski definition) is 6. The van der Waals surface area contributed by atoms with Crippen molar-refractivity contribution in [2.45, 2.75) is 75.8 Å². The third-order valence-corrected chi connectivity index (χ3v) is 4.34. The van der Waals surface area contributed by atoms with E-state index in [-0.39, 0.29) is 18.8 Å². The summed E-state index contributed by atoms with van der Waals surface area (Å²) >= 11 is 0. The minimum atomic E-state index is -0.0929. The van der Waals surface area contributed by atoms with Gasteiger partial charge in [0.05, 0.1) is 56.8 Å². The van der Waals surface area contributed by atoms with Crippen LogP contribution in [-0.2, 0) is 14.2 Å². The Kier molecular flexibility index (Phi) is 17.1. The van der Waals surface area contributed by atoms with Crippen molar-refractivity contribution in [3.8, 4) is 0 Å². The summed E-state index contributed by atoms with van der Waals surface area (Å²) in [5.41, 5.74) is 0. The van der Waals surface area contributed by atoms with Gasteiger partial charge in [0.25, 0.3) is 0 Å². The van der Waals surface area contributed by atoms with Crippen LogP contribution in [0.4, 0.5) is 0 Å². The Balaban J connectivity index is 0.000000384. The molecule has 2 aliphatic carbocycles. The van der Waals surface area contributed by atoms with Crippen molar-refractivity contribution < 1.29 is 29.5 Å². The molecule has 0 heterocycles. The largest absolute Gasteiger partial charge is 0.499 e. The van der Waals surface area contributed by atoms with E-state index in [4.69, 9.17) is 29.5 Å². The molecule has 158 valence electrons. The Bertz CT molecular complexity index is 330.